The Bertz CT molecular complexity index is 854. The van der Waals surface area contributed by atoms with Crippen LogP contribution in [0.15, 0.2) is 17.0 Å². The Morgan fingerprint density at radius 3 is 2.50 bits per heavy atom. The largest absolute Gasteiger partial charge is 0.336 e. The van der Waals surface area contributed by atoms with Crippen molar-refractivity contribution in [1.29, 1.82) is 0 Å². The molecule has 4 rings (SSSR count). The Labute approximate surface area is 152 Å². The van der Waals surface area contributed by atoms with Crippen LogP contribution in [-0.2, 0) is 14.8 Å². The van der Waals surface area contributed by atoms with Gasteiger partial charge >= 0.3 is 0 Å². The minimum Gasteiger partial charge on any atom is -0.336 e. The molecular formula is C18H22F2N2O3S. The molecule has 2 saturated heterocycles. The molecule has 2 atom stereocenters. The Hall–Kier alpha value is -1.54. The van der Waals surface area contributed by atoms with E-state index in [4.69, 9.17) is 0 Å². The second kappa shape index (κ2) is 6.27. The number of halogens is 2. The van der Waals surface area contributed by atoms with Gasteiger partial charge in [-0.15, -0.1) is 0 Å². The van der Waals surface area contributed by atoms with E-state index in [9.17, 15) is 22.0 Å². The van der Waals surface area contributed by atoms with Crippen LogP contribution in [0.2, 0.25) is 0 Å². The molecule has 0 spiro atoms. The van der Waals surface area contributed by atoms with Gasteiger partial charge in [0.2, 0.25) is 15.9 Å². The minimum absolute atomic E-state index is 0.0708. The van der Waals surface area contributed by atoms with Crippen LogP contribution in [0, 0.1) is 24.5 Å². The van der Waals surface area contributed by atoms with Crippen molar-refractivity contribution in [2.75, 3.05) is 13.1 Å². The predicted octanol–water partition coefficient (Wildman–Crippen LogP) is 2.44. The third-order valence-electron chi connectivity index (χ3n) is 5.80. The van der Waals surface area contributed by atoms with Crippen LogP contribution in [-0.4, -0.2) is 48.7 Å². The minimum atomic E-state index is -4.03. The summed E-state index contributed by atoms with van der Waals surface area (Å²) in [5.74, 6) is -1.58. The summed E-state index contributed by atoms with van der Waals surface area (Å²) in [4.78, 5) is 13.8. The van der Waals surface area contributed by atoms with Gasteiger partial charge in [-0.1, -0.05) is 0 Å². The topological polar surface area (TPSA) is 57.7 Å². The van der Waals surface area contributed by atoms with Crippen molar-refractivity contribution < 1.29 is 22.0 Å². The van der Waals surface area contributed by atoms with Crippen molar-refractivity contribution in [1.82, 2.24) is 9.21 Å². The molecule has 0 N–H and O–H groups in total. The third-order valence-corrected chi connectivity index (χ3v) is 7.68. The van der Waals surface area contributed by atoms with Crippen LogP contribution in [0.1, 0.15) is 37.7 Å². The van der Waals surface area contributed by atoms with E-state index in [0.717, 1.165) is 18.9 Å². The van der Waals surface area contributed by atoms with Crippen LogP contribution in [0.4, 0.5) is 8.78 Å². The predicted molar refractivity (Wildman–Crippen MR) is 90.9 cm³/mol. The van der Waals surface area contributed by atoms with Crippen molar-refractivity contribution in [3.8, 4) is 0 Å². The second-order valence-electron chi connectivity index (χ2n) is 7.58. The van der Waals surface area contributed by atoms with Gasteiger partial charge in [0.15, 0.2) is 0 Å². The van der Waals surface area contributed by atoms with E-state index in [-0.39, 0.29) is 36.5 Å². The molecule has 0 aromatic heterocycles. The van der Waals surface area contributed by atoms with Crippen LogP contribution < -0.4 is 0 Å². The summed E-state index contributed by atoms with van der Waals surface area (Å²) in [5.41, 5.74) is 0.100. The molecule has 8 heteroatoms. The maximum absolute atomic E-state index is 14.1. The van der Waals surface area contributed by atoms with E-state index < -0.39 is 26.6 Å². The van der Waals surface area contributed by atoms with Gasteiger partial charge < -0.3 is 4.90 Å². The number of aryl methyl sites for hydroxylation is 1. The van der Waals surface area contributed by atoms with Crippen molar-refractivity contribution >= 4 is 15.9 Å². The van der Waals surface area contributed by atoms with Crippen LogP contribution in [0.5, 0.6) is 0 Å². The molecule has 1 aromatic carbocycles. The number of nitrogens with zero attached hydrogens (tertiary/aromatic N) is 2. The molecule has 0 bridgehead atoms. The maximum atomic E-state index is 14.1. The molecule has 3 fully saturated rings. The Kier molecular flexibility index (Phi) is 4.30. The number of piperidine rings is 2. The quantitative estimate of drug-likeness (QED) is 0.804. The summed E-state index contributed by atoms with van der Waals surface area (Å²) in [6.45, 7) is 1.94. The third kappa shape index (κ3) is 2.93. The number of sulfonamides is 1. The molecule has 0 radical (unpaired) electrons. The summed E-state index contributed by atoms with van der Waals surface area (Å²) in [6, 6.07) is 2.08. The fourth-order valence-corrected chi connectivity index (χ4v) is 5.91. The molecule has 26 heavy (non-hydrogen) atoms. The second-order valence-corrected chi connectivity index (χ2v) is 9.49. The van der Waals surface area contributed by atoms with E-state index in [1.807, 2.05) is 4.90 Å². The van der Waals surface area contributed by atoms with E-state index in [1.165, 1.54) is 11.2 Å². The maximum Gasteiger partial charge on any atom is 0.246 e. The number of likely N-dealkylation sites (tertiary alicyclic amines) is 1. The summed E-state index contributed by atoms with van der Waals surface area (Å²) < 4.78 is 54.8. The van der Waals surface area contributed by atoms with Gasteiger partial charge in [0, 0.05) is 37.7 Å². The number of hydrogen-bond acceptors (Lipinski definition) is 3. The van der Waals surface area contributed by atoms with Gasteiger partial charge in [0.25, 0.3) is 0 Å². The van der Waals surface area contributed by atoms with E-state index in [0.29, 0.717) is 31.4 Å². The fourth-order valence-electron chi connectivity index (χ4n) is 4.27. The number of rotatable bonds is 3. The zero-order valence-corrected chi connectivity index (χ0v) is 15.4. The highest BCUT2D eigenvalue weighted by molar-refractivity contribution is 7.89. The lowest BCUT2D eigenvalue weighted by Crippen LogP contribution is -2.57. The summed E-state index contributed by atoms with van der Waals surface area (Å²) in [6.07, 6.45) is 3.71. The molecule has 1 amide bonds. The van der Waals surface area contributed by atoms with Gasteiger partial charge in [0.05, 0.1) is 0 Å². The smallest absolute Gasteiger partial charge is 0.246 e. The lowest BCUT2D eigenvalue weighted by atomic mass is 9.84. The van der Waals surface area contributed by atoms with Gasteiger partial charge in [-0.25, -0.2) is 17.2 Å². The standard InChI is InChI=1S/C18H22F2N2O3S/c1-11-8-17(15(20)9-14(11)19)26(24,25)21-7-6-16-12(10-21)2-5-18(23)22(16)13-3-4-13/h8-9,12-13,16H,2-7,10H2,1H3/t12-,16+/m1/s1. The summed E-state index contributed by atoms with van der Waals surface area (Å²) in [7, 11) is -4.03. The van der Waals surface area contributed by atoms with Crippen molar-refractivity contribution in [3.63, 3.8) is 0 Å². The first-order valence-corrected chi connectivity index (χ1v) is 10.5. The molecule has 2 heterocycles. The van der Waals surface area contributed by atoms with E-state index >= 15 is 0 Å². The monoisotopic (exact) mass is 384 g/mol. The van der Waals surface area contributed by atoms with Gasteiger partial charge in [-0.2, -0.15) is 4.31 Å². The first-order valence-electron chi connectivity index (χ1n) is 9.06. The molecular weight excluding hydrogens is 362 g/mol. The highest BCUT2D eigenvalue weighted by Gasteiger charge is 2.47. The molecule has 1 aliphatic carbocycles. The van der Waals surface area contributed by atoms with Crippen LogP contribution in [0.3, 0.4) is 0 Å². The van der Waals surface area contributed by atoms with Gasteiger partial charge in [-0.05, 0) is 50.2 Å². The first kappa shape index (κ1) is 17.9. The average Bonchev–Trinajstić information content (AvgIpc) is 3.42. The van der Waals surface area contributed by atoms with E-state index in [2.05, 4.69) is 0 Å². The molecule has 0 unspecified atom stereocenters. The molecule has 142 valence electrons. The highest BCUT2D eigenvalue weighted by Crippen LogP contribution is 2.40. The molecule has 1 saturated carbocycles. The number of carbonyl (C=O) groups excluding carboxylic acids is 1. The van der Waals surface area contributed by atoms with E-state index in [1.54, 1.807) is 0 Å². The van der Waals surface area contributed by atoms with Crippen molar-refractivity contribution in [3.05, 3.63) is 29.3 Å². The van der Waals surface area contributed by atoms with Crippen LogP contribution in [0.25, 0.3) is 0 Å². The zero-order chi connectivity index (χ0) is 18.6. The number of hydrogen-bond donors (Lipinski definition) is 0. The Balaban J connectivity index is 1.58. The molecule has 3 aliphatic rings. The number of benzene rings is 1. The normalized spacial score (nSPS) is 27.5. The molecule has 5 nitrogen and oxygen atoms in total. The number of fused-ring (bicyclic) bond motifs is 1. The van der Waals surface area contributed by atoms with Gasteiger partial charge in [0.1, 0.15) is 16.5 Å². The first-order chi connectivity index (χ1) is 12.3. The SMILES string of the molecule is Cc1cc(S(=O)(=O)N2CC[C@H]3[C@H](CCC(=O)N3C3CC3)C2)c(F)cc1F. The number of amides is 1. The molecule has 1 aromatic rings. The summed E-state index contributed by atoms with van der Waals surface area (Å²) >= 11 is 0. The number of carbonyl (C=O) groups is 1. The molecule has 2 aliphatic heterocycles. The summed E-state index contributed by atoms with van der Waals surface area (Å²) in [5, 5.41) is 0. The van der Waals surface area contributed by atoms with Crippen molar-refractivity contribution in [2.24, 2.45) is 5.92 Å². The fraction of sp³-hybridized carbons (Fsp3) is 0.611. The lowest BCUT2D eigenvalue weighted by Gasteiger charge is -2.46. The van der Waals surface area contributed by atoms with Crippen LogP contribution >= 0.6 is 0 Å². The lowest BCUT2D eigenvalue weighted by molar-refractivity contribution is -0.141. The average molecular weight is 384 g/mol. The Morgan fingerprint density at radius 1 is 1.08 bits per heavy atom. The zero-order valence-electron chi connectivity index (χ0n) is 14.6. The van der Waals surface area contributed by atoms with Gasteiger partial charge in [-0.3, -0.25) is 4.79 Å². The highest BCUT2D eigenvalue weighted by atomic mass is 32.2. The Morgan fingerprint density at radius 2 is 1.81 bits per heavy atom. The van der Waals surface area contributed by atoms with Crippen molar-refractivity contribution in [2.45, 2.75) is 56.0 Å².